The Balaban J connectivity index is 2.40. The molecule has 0 aromatic carbocycles. The molecule has 0 aliphatic rings. The first-order chi connectivity index (χ1) is 7.35. The van der Waals surface area contributed by atoms with Gasteiger partial charge in [-0.2, -0.15) is 4.98 Å². The molecule has 2 rings (SSSR count). The number of fused-ring (bicyclic) bond motifs is 1. The van der Waals surface area contributed by atoms with E-state index in [-0.39, 0.29) is 0 Å². The Labute approximate surface area is 92.8 Å². The van der Waals surface area contributed by atoms with Crippen LogP contribution in [0.2, 0.25) is 0 Å². The molecule has 0 unspecified atom stereocenters. The predicted octanol–water partition coefficient (Wildman–Crippen LogP) is 2.55. The van der Waals surface area contributed by atoms with Gasteiger partial charge in [-0.05, 0) is 17.9 Å². The van der Waals surface area contributed by atoms with Crippen LogP contribution < -0.4 is 10.6 Å². The zero-order chi connectivity index (χ0) is 10.7. The summed E-state index contributed by atoms with van der Waals surface area (Å²) < 4.78 is 0. The minimum atomic E-state index is 0.705. The highest BCUT2D eigenvalue weighted by molar-refractivity contribution is 7.16. The molecule has 0 aliphatic heterocycles. The molecule has 80 valence electrons. The van der Waals surface area contributed by atoms with E-state index >= 15 is 0 Å². The molecule has 0 fully saturated rings. The fourth-order valence-electron chi connectivity index (χ4n) is 1.36. The fraction of sp³-hybridized carbons (Fsp3) is 0.400. The van der Waals surface area contributed by atoms with E-state index in [0.29, 0.717) is 5.95 Å². The first-order valence-electron chi connectivity index (χ1n) is 5.02. The number of nitrogens with zero attached hydrogens (tertiary/aromatic N) is 2. The third-order valence-corrected chi connectivity index (χ3v) is 2.90. The lowest BCUT2D eigenvalue weighted by Crippen LogP contribution is -2.05. The van der Waals surface area contributed by atoms with Crippen molar-refractivity contribution in [1.29, 1.82) is 0 Å². The van der Waals surface area contributed by atoms with Crippen LogP contribution in [0.4, 0.5) is 11.8 Å². The molecule has 4 nitrogen and oxygen atoms in total. The highest BCUT2D eigenvalue weighted by Gasteiger charge is 2.06. The van der Waals surface area contributed by atoms with Crippen molar-refractivity contribution in [3.8, 4) is 0 Å². The second-order valence-electron chi connectivity index (χ2n) is 3.21. The average Bonchev–Trinajstić information content (AvgIpc) is 2.73. The Morgan fingerprint density at radius 1 is 1.40 bits per heavy atom. The Bertz CT molecular complexity index is 452. The number of rotatable bonds is 4. The Morgan fingerprint density at radius 3 is 3.00 bits per heavy atom. The zero-order valence-electron chi connectivity index (χ0n) is 8.87. The molecule has 15 heavy (non-hydrogen) atoms. The van der Waals surface area contributed by atoms with Crippen molar-refractivity contribution in [3.63, 3.8) is 0 Å². The first kappa shape index (κ1) is 10.2. The predicted molar refractivity (Wildman–Crippen MR) is 65.7 cm³/mol. The van der Waals surface area contributed by atoms with Crippen LogP contribution in [0.15, 0.2) is 11.4 Å². The number of hydrogen-bond donors (Lipinski definition) is 2. The maximum Gasteiger partial charge on any atom is 0.226 e. The number of nitrogens with one attached hydrogen (secondary N) is 2. The molecule has 0 bridgehead atoms. The molecule has 5 heteroatoms. The molecule has 0 saturated heterocycles. The summed E-state index contributed by atoms with van der Waals surface area (Å²) in [5.41, 5.74) is 0. The normalized spacial score (nSPS) is 10.5. The van der Waals surface area contributed by atoms with Gasteiger partial charge in [-0.25, -0.2) is 4.98 Å². The number of anilines is 2. The molecule has 0 spiro atoms. The zero-order valence-corrected chi connectivity index (χ0v) is 9.69. The van der Waals surface area contributed by atoms with Gasteiger partial charge in [0, 0.05) is 13.6 Å². The van der Waals surface area contributed by atoms with Crippen LogP contribution in [0.1, 0.15) is 13.3 Å². The standard InChI is InChI=1S/C10H14N4S/c1-3-5-12-10-13-8(11-2)7-4-6-15-9(7)14-10/h4,6H,3,5H2,1-2H3,(H2,11,12,13,14). The summed E-state index contributed by atoms with van der Waals surface area (Å²) in [5, 5.41) is 9.40. The maximum atomic E-state index is 4.44. The first-order valence-corrected chi connectivity index (χ1v) is 5.90. The molecule has 0 aliphatic carbocycles. The van der Waals surface area contributed by atoms with E-state index in [4.69, 9.17) is 0 Å². The fourth-order valence-corrected chi connectivity index (χ4v) is 2.13. The molecule has 2 N–H and O–H groups in total. The van der Waals surface area contributed by atoms with E-state index in [9.17, 15) is 0 Å². The molecule has 0 amide bonds. The van der Waals surface area contributed by atoms with Crippen LogP contribution >= 0.6 is 11.3 Å². The number of thiophene rings is 1. The van der Waals surface area contributed by atoms with Crippen molar-refractivity contribution in [3.05, 3.63) is 11.4 Å². The molecule has 0 radical (unpaired) electrons. The van der Waals surface area contributed by atoms with Crippen molar-refractivity contribution < 1.29 is 0 Å². The van der Waals surface area contributed by atoms with Gasteiger partial charge in [0.2, 0.25) is 5.95 Å². The van der Waals surface area contributed by atoms with Crippen LogP contribution in [-0.2, 0) is 0 Å². The van der Waals surface area contributed by atoms with E-state index in [1.807, 2.05) is 18.5 Å². The summed E-state index contributed by atoms with van der Waals surface area (Å²) >= 11 is 1.63. The maximum absolute atomic E-state index is 4.44. The molecule has 2 heterocycles. The summed E-state index contributed by atoms with van der Waals surface area (Å²) in [6.45, 7) is 3.02. The summed E-state index contributed by atoms with van der Waals surface area (Å²) in [7, 11) is 1.88. The van der Waals surface area contributed by atoms with Gasteiger partial charge in [0.15, 0.2) is 0 Å². The monoisotopic (exact) mass is 222 g/mol. The van der Waals surface area contributed by atoms with Crippen molar-refractivity contribution in [2.45, 2.75) is 13.3 Å². The number of aromatic nitrogens is 2. The molecule has 2 aromatic heterocycles. The average molecular weight is 222 g/mol. The lowest BCUT2D eigenvalue weighted by Gasteiger charge is -2.06. The van der Waals surface area contributed by atoms with Gasteiger partial charge < -0.3 is 10.6 Å². The molecular weight excluding hydrogens is 208 g/mol. The van der Waals surface area contributed by atoms with Crippen molar-refractivity contribution in [1.82, 2.24) is 9.97 Å². The van der Waals surface area contributed by atoms with Gasteiger partial charge >= 0.3 is 0 Å². The number of hydrogen-bond acceptors (Lipinski definition) is 5. The van der Waals surface area contributed by atoms with E-state index in [2.05, 4.69) is 27.5 Å². The highest BCUT2D eigenvalue weighted by atomic mass is 32.1. The van der Waals surface area contributed by atoms with Gasteiger partial charge in [0.25, 0.3) is 0 Å². The van der Waals surface area contributed by atoms with E-state index in [1.54, 1.807) is 11.3 Å². The van der Waals surface area contributed by atoms with Crippen molar-refractivity contribution >= 4 is 33.3 Å². The molecule has 2 aromatic rings. The van der Waals surface area contributed by atoms with Gasteiger partial charge in [0.1, 0.15) is 10.6 Å². The van der Waals surface area contributed by atoms with Gasteiger partial charge in [-0.1, -0.05) is 6.92 Å². The van der Waals surface area contributed by atoms with Gasteiger partial charge in [-0.15, -0.1) is 11.3 Å². The van der Waals surface area contributed by atoms with Crippen LogP contribution in [0.5, 0.6) is 0 Å². The van der Waals surface area contributed by atoms with Crippen LogP contribution in [-0.4, -0.2) is 23.6 Å². The highest BCUT2D eigenvalue weighted by Crippen LogP contribution is 2.25. The lowest BCUT2D eigenvalue weighted by molar-refractivity contribution is 0.958. The molecular formula is C10H14N4S. The van der Waals surface area contributed by atoms with Gasteiger partial charge in [-0.3, -0.25) is 0 Å². The van der Waals surface area contributed by atoms with Crippen LogP contribution in [0, 0.1) is 0 Å². The Hall–Kier alpha value is -1.36. The lowest BCUT2D eigenvalue weighted by atomic mass is 10.4. The minimum absolute atomic E-state index is 0.705. The Morgan fingerprint density at radius 2 is 2.27 bits per heavy atom. The summed E-state index contributed by atoms with van der Waals surface area (Å²) in [6, 6.07) is 2.04. The SMILES string of the molecule is CCCNc1nc(NC)c2ccsc2n1. The topological polar surface area (TPSA) is 49.8 Å². The van der Waals surface area contributed by atoms with Crippen molar-refractivity contribution in [2.24, 2.45) is 0 Å². The summed E-state index contributed by atoms with van der Waals surface area (Å²) in [5.74, 6) is 1.59. The minimum Gasteiger partial charge on any atom is -0.372 e. The quantitative estimate of drug-likeness (QED) is 0.834. The smallest absolute Gasteiger partial charge is 0.226 e. The second-order valence-corrected chi connectivity index (χ2v) is 4.11. The van der Waals surface area contributed by atoms with Crippen LogP contribution in [0.3, 0.4) is 0 Å². The molecule has 0 atom stereocenters. The van der Waals surface area contributed by atoms with E-state index in [0.717, 1.165) is 29.0 Å². The third kappa shape index (κ3) is 2.02. The summed E-state index contributed by atoms with van der Waals surface area (Å²) in [4.78, 5) is 9.86. The second kappa shape index (κ2) is 4.44. The largest absolute Gasteiger partial charge is 0.372 e. The van der Waals surface area contributed by atoms with E-state index in [1.165, 1.54) is 0 Å². The third-order valence-electron chi connectivity index (χ3n) is 2.09. The molecule has 0 saturated carbocycles. The summed E-state index contributed by atoms with van der Waals surface area (Å²) in [6.07, 6.45) is 1.07. The van der Waals surface area contributed by atoms with Gasteiger partial charge in [0.05, 0.1) is 5.39 Å². The van der Waals surface area contributed by atoms with Crippen molar-refractivity contribution in [2.75, 3.05) is 24.2 Å². The Kier molecular flexibility index (Phi) is 3.01. The van der Waals surface area contributed by atoms with E-state index < -0.39 is 0 Å². The van der Waals surface area contributed by atoms with Crippen LogP contribution in [0.25, 0.3) is 10.2 Å².